The number of hydrogen-bond donors (Lipinski definition) is 2. The Labute approximate surface area is 195 Å². The Morgan fingerprint density at radius 3 is 2.55 bits per heavy atom. The highest BCUT2D eigenvalue weighted by Crippen LogP contribution is 2.58. The first-order chi connectivity index (χ1) is 16.0. The summed E-state index contributed by atoms with van der Waals surface area (Å²) >= 11 is 0. The predicted octanol–water partition coefficient (Wildman–Crippen LogP) is 2.35. The molecule has 184 valence electrons. The summed E-state index contributed by atoms with van der Waals surface area (Å²) in [6, 6.07) is -0.654. The molecule has 2 bridgehead atoms. The standard InChI is InChI=1S/C25H38N2O6/c1-2-14-26(17-10-6-5-7-11-17)23(30)21-25-13-12-18(33-25)19(24(31)32)20(25)22(29)27(21)15-8-3-4-9-16-28/h2,17-21,28H,1,3-16H2,(H,31,32)/t18-,19+,20+,21-,25+/m1/s1. The van der Waals surface area contributed by atoms with E-state index in [9.17, 15) is 19.5 Å². The van der Waals surface area contributed by atoms with E-state index in [1.807, 2.05) is 4.90 Å². The van der Waals surface area contributed by atoms with E-state index in [0.717, 1.165) is 38.5 Å². The fourth-order valence-corrected chi connectivity index (χ4v) is 6.81. The minimum atomic E-state index is -1.04. The Balaban J connectivity index is 1.63. The molecule has 4 rings (SSSR count). The van der Waals surface area contributed by atoms with Crippen LogP contribution in [0.4, 0.5) is 0 Å². The second-order valence-corrected chi connectivity index (χ2v) is 10.1. The van der Waals surface area contributed by atoms with Gasteiger partial charge in [-0.05, 0) is 38.5 Å². The van der Waals surface area contributed by atoms with E-state index in [1.54, 1.807) is 11.0 Å². The van der Waals surface area contributed by atoms with Crippen LogP contribution >= 0.6 is 0 Å². The number of aliphatic carboxylic acids is 1. The number of aliphatic hydroxyl groups is 1. The Morgan fingerprint density at radius 2 is 1.88 bits per heavy atom. The van der Waals surface area contributed by atoms with Crippen molar-refractivity contribution in [3.8, 4) is 0 Å². The van der Waals surface area contributed by atoms with Gasteiger partial charge in [0.05, 0.1) is 17.9 Å². The smallest absolute Gasteiger partial charge is 0.310 e. The number of hydrogen-bond acceptors (Lipinski definition) is 5. The van der Waals surface area contributed by atoms with Gasteiger partial charge in [-0.3, -0.25) is 14.4 Å². The quantitative estimate of drug-likeness (QED) is 0.361. The minimum absolute atomic E-state index is 0.111. The van der Waals surface area contributed by atoms with Gasteiger partial charge >= 0.3 is 5.97 Å². The number of amides is 2. The maximum atomic E-state index is 14.2. The van der Waals surface area contributed by atoms with Crippen LogP contribution in [0.2, 0.25) is 0 Å². The lowest BCUT2D eigenvalue weighted by atomic mass is 9.70. The zero-order valence-corrected chi connectivity index (χ0v) is 19.5. The van der Waals surface area contributed by atoms with E-state index in [0.29, 0.717) is 38.8 Å². The third kappa shape index (κ3) is 4.20. The first-order valence-electron chi connectivity index (χ1n) is 12.7. The van der Waals surface area contributed by atoms with Gasteiger partial charge in [0.1, 0.15) is 11.6 Å². The summed E-state index contributed by atoms with van der Waals surface area (Å²) in [6.45, 7) is 4.83. The summed E-state index contributed by atoms with van der Waals surface area (Å²) in [5.74, 6) is -3.04. The Morgan fingerprint density at radius 1 is 1.15 bits per heavy atom. The Bertz CT molecular complexity index is 766. The highest BCUT2D eigenvalue weighted by atomic mass is 16.5. The lowest BCUT2D eigenvalue weighted by Gasteiger charge is -2.40. The second kappa shape index (κ2) is 10.1. The Hall–Kier alpha value is -1.93. The molecule has 1 saturated carbocycles. The molecular weight excluding hydrogens is 424 g/mol. The zero-order valence-electron chi connectivity index (χ0n) is 19.5. The van der Waals surface area contributed by atoms with Crippen LogP contribution in [0, 0.1) is 11.8 Å². The monoisotopic (exact) mass is 462 g/mol. The van der Waals surface area contributed by atoms with Gasteiger partial charge in [-0.15, -0.1) is 6.58 Å². The molecule has 0 radical (unpaired) electrons. The first-order valence-corrected chi connectivity index (χ1v) is 12.7. The van der Waals surface area contributed by atoms with E-state index in [2.05, 4.69) is 6.58 Å². The number of likely N-dealkylation sites (tertiary alicyclic amines) is 1. The van der Waals surface area contributed by atoms with Crippen LogP contribution in [-0.4, -0.2) is 81.3 Å². The molecule has 0 aromatic carbocycles. The van der Waals surface area contributed by atoms with Crippen molar-refractivity contribution < 1.29 is 29.3 Å². The van der Waals surface area contributed by atoms with Crippen LogP contribution in [0.15, 0.2) is 12.7 Å². The molecular formula is C25H38N2O6. The van der Waals surface area contributed by atoms with Crippen molar-refractivity contribution in [2.24, 2.45) is 11.8 Å². The highest BCUT2D eigenvalue weighted by molar-refractivity contribution is 5.98. The van der Waals surface area contributed by atoms with Crippen molar-refractivity contribution in [2.75, 3.05) is 19.7 Å². The average Bonchev–Trinajstić information content (AvgIpc) is 3.45. The topological polar surface area (TPSA) is 107 Å². The van der Waals surface area contributed by atoms with Crippen LogP contribution in [0.1, 0.15) is 70.6 Å². The van der Waals surface area contributed by atoms with Gasteiger partial charge < -0.3 is 24.7 Å². The molecule has 8 heteroatoms. The first kappa shape index (κ1) is 24.2. The molecule has 3 saturated heterocycles. The molecule has 1 aliphatic carbocycles. The van der Waals surface area contributed by atoms with Gasteiger partial charge in [0.25, 0.3) is 0 Å². The Kier molecular flexibility index (Phi) is 7.43. The number of nitrogens with zero attached hydrogens (tertiary/aromatic N) is 2. The number of unbranched alkanes of at least 4 members (excludes halogenated alkanes) is 3. The van der Waals surface area contributed by atoms with Crippen molar-refractivity contribution in [3.63, 3.8) is 0 Å². The molecule has 8 nitrogen and oxygen atoms in total. The third-order valence-corrected chi connectivity index (χ3v) is 8.25. The molecule has 0 aromatic rings. The van der Waals surface area contributed by atoms with E-state index in [-0.39, 0.29) is 24.5 Å². The van der Waals surface area contributed by atoms with Gasteiger partial charge in [0, 0.05) is 25.7 Å². The summed E-state index contributed by atoms with van der Waals surface area (Å²) in [6.07, 6.45) is 10.7. The van der Waals surface area contributed by atoms with Gasteiger partial charge in [-0.2, -0.15) is 0 Å². The molecule has 1 spiro atoms. The second-order valence-electron chi connectivity index (χ2n) is 10.1. The van der Waals surface area contributed by atoms with Crippen LogP contribution in [0.25, 0.3) is 0 Å². The van der Waals surface area contributed by atoms with Crippen LogP contribution < -0.4 is 0 Å². The average molecular weight is 463 g/mol. The molecule has 2 amide bonds. The zero-order chi connectivity index (χ0) is 23.6. The normalized spacial score (nSPS) is 33.4. The van der Waals surface area contributed by atoms with Crippen molar-refractivity contribution >= 4 is 17.8 Å². The largest absolute Gasteiger partial charge is 0.481 e. The van der Waals surface area contributed by atoms with Crippen LogP contribution in [0.3, 0.4) is 0 Å². The lowest BCUT2D eigenvalue weighted by Crippen LogP contribution is -2.58. The molecule has 3 aliphatic heterocycles. The summed E-state index contributed by atoms with van der Waals surface area (Å²) in [5, 5.41) is 18.9. The van der Waals surface area contributed by atoms with Gasteiger partial charge in [-0.25, -0.2) is 0 Å². The molecule has 4 fully saturated rings. The number of carbonyl (C=O) groups excluding carboxylic acids is 2. The summed E-state index contributed by atoms with van der Waals surface area (Å²) < 4.78 is 6.30. The number of fused-ring (bicyclic) bond motifs is 1. The molecule has 2 N–H and O–H groups in total. The number of carboxylic acid groups (broad SMARTS) is 1. The minimum Gasteiger partial charge on any atom is -0.481 e. The fraction of sp³-hybridized carbons (Fsp3) is 0.800. The molecule has 33 heavy (non-hydrogen) atoms. The number of ether oxygens (including phenoxy) is 1. The predicted molar refractivity (Wildman–Crippen MR) is 121 cm³/mol. The van der Waals surface area contributed by atoms with E-state index in [4.69, 9.17) is 9.84 Å². The maximum Gasteiger partial charge on any atom is 0.310 e. The molecule has 5 atom stereocenters. The van der Waals surface area contributed by atoms with E-state index < -0.39 is 35.6 Å². The van der Waals surface area contributed by atoms with Crippen LogP contribution in [-0.2, 0) is 19.1 Å². The number of carboxylic acids is 1. The molecule has 0 aromatic heterocycles. The molecule has 3 heterocycles. The van der Waals surface area contributed by atoms with Crippen molar-refractivity contribution in [3.05, 3.63) is 12.7 Å². The summed E-state index contributed by atoms with van der Waals surface area (Å²) in [5.41, 5.74) is -1.04. The van der Waals surface area contributed by atoms with Gasteiger partial charge in [-0.1, -0.05) is 38.2 Å². The molecule has 4 aliphatic rings. The lowest BCUT2D eigenvalue weighted by molar-refractivity contribution is -0.151. The van der Waals surface area contributed by atoms with E-state index in [1.165, 1.54) is 6.42 Å². The summed E-state index contributed by atoms with van der Waals surface area (Å²) in [4.78, 5) is 43.4. The van der Waals surface area contributed by atoms with Gasteiger partial charge in [0.2, 0.25) is 11.8 Å². The summed E-state index contributed by atoms with van der Waals surface area (Å²) in [7, 11) is 0. The number of aliphatic hydroxyl groups excluding tert-OH is 1. The van der Waals surface area contributed by atoms with Crippen LogP contribution in [0.5, 0.6) is 0 Å². The van der Waals surface area contributed by atoms with Gasteiger partial charge in [0.15, 0.2) is 0 Å². The number of rotatable bonds is 11. The molecule has 0 unspecified atom stereocenters. The van der Waals surface area contributed by atoms with E-state index >= 15 is 0 Å². The van der Waals surface area contributed by atoms with Crippen molar-refractivity contribution in [1.82, 2.24) is 9.80 Å². The van der Waals surface area contributed by atoms with Crippen molar-refractivity contribution in [1.29, 1.82) is 0 Å². The maximum absolute atomic E-state index is 14.2. The highest BCUT2D eigenvalue weighted by Gasteiger charge is 2.74. The van der Waals surface area contributed by atoms with Crippen molar-refractivity contribution in [2.45, 2.75) is 94.4 Å². The SMILES string of the molecule is C=CCN(C(=O)[C@H]1N(CCCCCCO)C(=O)[C@@H]2[C@@H](C(=O)O)[C@H]3CC[C@]21O3)C1CCCCC1. The third-order valence-electron chi connectivity index (χ3n) is 8.25. The number of carbonyl (C=O) groups is 3. The fourth-order valence-electron chi connectivity index (χ4n) is 6.81.